The molecule has 1 aliphatic heterocycles. The fraction of sp³-hybridized carbons (Fsp3) is 0.111. The molecule has 1 fully saturated rings. The number of thioether (sulfide) groups is 1. The number of carbonyl (C=O) groups is 2. The lowest BCUT2D eigenvalue weighted by molar-refractivity contribution is -0.115. The number of rotatable bonds is 5. The molecular weight excluding hydrogens is 362 g/mol. The van der Waals surface area contributed by atoms with Gasteiger partial charge in [0.25, 0.3) is 11.1 Å². The first-order valence-electron chi connectivity index (χ1n) is 7.42. The number of aliphatic hydroxyl groups is 1. The molecular formula is C18H14ClNO4S. The van der Waals surface area contributed by atoms with Crippen LogP contribution < -0.4 is 10.1 Å². The fourth-order valence-corrected chi connectivity index (χ4v) is 3.10. The highest BCUT2D eigenvalue weighted by Crippen LogP contribution is 2.26. The Morgan fingerprint density at radius 1 is 1.20 bits per heavy atom. The number of carbonyl (C=O) groups excluding carboxylic acids is 2. The van der Waals surface area contributed by atoms with Gasteiger partial charge in [0.05, 0.1) is 4.91 Å². The normalized spacial score (nSPS) is 16.8. The molecule has 1 saturated heterocycles. The molecule has 0 radical (unpaired) electrons. The van der Waals surface area contributed by atoms with Gasteiger partial charge in [-0.3, -0.25) is 14.9 Å². The number of hydrogen-bond donors (Lipinski definition) is 2. The predicted octanol–water partition coefficient (Wildman–Crippen LogP) is 3.78. The van der Waals surface area contributed by atoms with Crippen molar-refractivity contribution in [2.45, 2.75) is 6.10 Å². The minimum atomic E-state index is -0.787. The van der Waals surface area contributed by atoms with Crippen LogP contribution in [0, 0.1) is 0 Å². The molecule has 1 heterocycles. The summed E-state index contributed by atoms with van der Waals surface area (Å²) in [5.41, 5.74) is 1.46. The first kappa shape index (κ1) is 17.5. The minimum absolute atomic E-state index is 0.0908. The summed E-state index contributed by atoms with van der Waals surface area (Å²) in [5.74, 6) is 0.197. The lowest BCUT2D eigenvalue weighted by Gasteiger charge is -2.13. The largest absolute Gasteiger partial charge is 0.491 e. The molecule has 5 nitrogen and oxygen atoms in total. The second-order valence-electron chi connectivity index (χ2n) is 5.30. The highest BCUT2D eigenvalue weighted by atomic mass is 35.5. The molecule has 0 aromatic heterocycles. The van der Waals surface area contributed by atoms with Crippen LogP contribution in [0.5, 0.6) is 5.75 Å². The van der Waals surface area contributed by atoms with Crippen molar-refractivity contribution in [3.8, 4) is 5.75 Å². The maximum absolute atomic E-state index is 11.5. The van der Waals surface area contributed by atoms with E-state index >= 15 is 0 Å². The van der Waals surface area contributed by atoms with Gasteiger partial charge in [-0.05, 0) is 53.2 Å². The standard InChI is InChI=1S/C18H14ClNO4S/c19-13-3-1-2-12(9-13)15(21)10-24-14-6-4-11(5-7-14)8-16-17(22)20-18(23)25-16/h1-9,15,21H,10H2,(H,20,22,23)/t15-/m1/s1. The van der Waals surface area contributed by atoms with Crippen LogP contribution in [0.25, 0.3) is 6.08 Å². The first-order valence-corrected chi connectivity index (χ1v) is 8.62. The highest BCUT2D eigenvalue weighted by molar-refractivity contribution is 8.18. The molecule has 0 aliphatic carbocycles. The van der Waals surface area contributed by atoms with E-state index in [2.05, 4.69) is 5.32 Å². The van der Waals surface area contributed by atoms with Crippen LogP contribution in [0.2, 0.25) is 5.02 Å². The summed E-state index contributed by atoms with van der Waals surface area (Å²) in [6.45, 7) is 0.0908. The van der Waals surface area contributed by atoms with Gasteiger partial charge in [-0.25, -0.2) is 0 Å². The van der Waals surface area contributed by atoms with Crippen LogP contribution in [0.3, 0.4) is 0 Å². The molecule has 7 heteroatoms. The Kier molecular flexibility index (Phi) is 5.43. The van der Waals surface area contributed by atoms with Crippen molar-refractivity contribution < 1.29 is 19.4 Å². The second-order valence-corrected chi connectivity index (χ2v) is 6.75. The quantitative estimate of drug-likeness (QED) is 0.778. The molecule has 25 heavy (non-hydrogen) atoms. The summed E-state index contributed by atoms with van der Waals surface area (Å²) in [5, 5.41) is 12.5. The summed E-state index contributed by atoms with van der Waals surface area (Å²) < 4.78 is 5.57. The van der Waals surface area contributed by atoms with Crippen LogP contribution in [-0.4, -0.2) is 22.9 Å². The predicted molar refractivity (Wildman–Crippen MR) is 97.5 cm³/mol. The molecule has 0 bridgehead atoms. The minimum Gasteiger partial charge on any atom is -0.491 e. The monoisotopic (exact) mass is 375 g/mol. The zero-order valence-electron chi connectivity index (χ0n) is 12.9. The Balaban J connectivity index is 1.60. The Hall–Kier alpha value is -2.28. The Bertz CT molecular complexity index is 835. The highest BCUT2D eigenvalue weighted by Gasteiger charge is 2.24. The molecule has 128 valence electrons. The lowest BCUT2D eigenvalue weighted by Crippen LogP contribution is -2.17. The van der Waals surface area contributed by atoms with Gasteiger partial charge in [-0.2, -0.15) is 0 Å². The van der Waals surface area contributed by atoms with Crippen molar-refractivity contribution in [2.24, 2.45) is 0 Å². The molecule has 2 aromatic rings. The average Bonchev–Trinajstić information content (AvgIpc) is 2.91. The third kappa shape index (κ3) is 4.63. The number of hydrogen-bond acceptors (Lipinski definition) is 5. The van der Waals surface area contributed by atoms with E-state index in [0.29, 0.717) is 21.2 Å². The molecule has 2 aromatic carbocycles. The van der Waals surface area contributed by atoms with Crippen molar-refractivity contribution in [3.63, 3.8) is 0 Å². The Labute approximate surface area is 153 Å². The van der Waals surface area contributed by atoms with E-state index in [0.717, 1.165) is 17.3 Å². The summed E-state index contributed by atoms with van der Waals surface area (Å²) in [4.78, 5) is 23.0. The number of aliphatic hydroxyl groups excluding tert-OH is 1. The summed E-state index contributed by atoms with van der Waals surface area (Å²) in [6, 6.07) is 14.0. The van der Waals surface area contributed by atoms with Gasteiger partial charge in [0.1, 0.15) is 18.5 Å². The molecule has 1 aliphatic rings. The van der Waals surface area contributed by atoms with E-state index in [1.165, 1.54) is 0 Å². The zero-order valence-corrected chi connectivity index (χ0v) is 14.5. The van der Waals surface area contributed by atoms with Crippen molar-refractivity contribution >= 4 is 40.6 Å². The van der Waals surface area contributed by atoms with Crippen molar-refractivity contribution in [1.29, 1.82) is 0 Å². The summed E-state index contributed by atoms with van der Waals surface area (Å²) in [6.07, 6.45) is 0.847. The zero-order chi connectivity index (χ0) is 17.8. The van der Waals surface area contributed by atoms with Crippen LogP contribution in [0.4, 0.5) is 4.79 Å². The van der Waals surface area contributed by atoms with E-state index in [9.17, 15) is 14.7 Å². The molecule has 2 amide bonds. The van der Waals surface area contributed by atoms with Crippen LogP contribution in [-0.2, 0) is 4.79 Å². The van der Waals surface area contributed by atoms with Gasteiger partial charge in [0.2, 0.25) is 0 Å². The fourth-order valence-electron chi connectivity index (χ4n) is 2.22. The topological polar surface area (TPSA) is 75.6 Å². The number of ether oxygens (including phenoxy) is 1. The number of nitrogens with one attached hydrogen (secondary N) is 1. The van der Waals surface area contributed by atoms with Gasteiger partial charge in [-0.1, -0.05) is 35.9 Å². The lowest BCUT2D eigenvalue weighted by atomic mass is 10.1. The van der Waals surface area contributed by atoms with E-state index in [4.69, 9.17) is 16.3 Å². The summed E-state index contributed by atoms with van der Waals surface area (Å²) in [7, 11) is 0. The molecule has 0 unspecified atom stereocenters. The van der Waals surface area contributed by atoms with Crippen molar-refractivity contribution in [3.05, 3.63) is 69.6 Å². The van der Waals surface area contributed by atoms with Crippen molar-refractivity contribution in [2.75, 3.05) is 6.61 Å². The van der Waals surface area contributed by atoms with E-state index < -0.39 is 6.10 Å². The molecule has 2 N–H and O–H groups in total. The molecule has 0 saturated carbocycles. The number of amides is 2. The SMILES string of the molecule is O=C1NC(=O)C(=Cc2ccc(OC[C@@H](O)c3cccc(Cl)c3)cc2)S1. The van der Waals surface area contributed by atoms with Crippen molar-refractivity contribution in [1.82, 2.24) is 5.32 Å². The number of benzene rings is 2. The average molecular weight is 376 g/mol. The van der Waals surface area contributed by atoms with E-state index in [-0.39, 0.29) is 17.8 Å². The van der Waals surface area contributed by atoms with Crippen LogP contribution in [0.15, 0.2) is 53.4 Å². The number of imide groups is 1. The van der Waals surface area contributed by atoms with Gasteiger partial charge in [0.15, 0.2) is 0 Å². The molecule has 0 spiro atoms. The third-order valence-electron chi connectivity index (χ3n) is 3.46. The van der Waals surface area contributed by atoms with Gasteiger partial charge in [0, 0.05) is 5.02 Å². The maximum Gasteiger partial charge on any atom is 0.290 e. The van der Waals surface area contributed by atoms with E-state index in [1.54, 1.807) is 54.6 Å². The Morgan fingerprint density at radius 2 is 1.96 bits per heavy atom. The third-order valence-corrected chi connectivity index (χ3v) is 4.51. The van der Waals surface area contributed by atoms with Gasteiger partial charge < -0.3 is 9.84 Å². The van der Waals surface area contributed by atoms with Crippen LogP contribution >= 0.6 is 23.4 Å². The maximum atomic E-state index is 11.5. The smallest absolute Gasteiger partial charge is 0.290 e. The van der Waals surface area contributed by atoms with Gasteiger partial charge >= 0.3 is 0 Å². The van der Waals surface area contributed by atoms with E-state index in [1.807, 2.05) is 0 Å². The Morgan fingerprint density at radius 3 is 2.60 bits per heavy atom. The molecule has 3 rings (SSSR count). The van der Waals surface area contributed by atoms with Crippen LogP contribution in [0.1, 0.15) is 17.2 Å². The first-order chi connectivity index (χ1) is 12.0. The number of halogens is 1. The molecule has 1 atom stereocenters. The summed E-state index contributed by atoms with van der Waals surface area (Å²) >= 11 is 6.78. The van der Waals surface area contributed by atoms with Gasteiger partial charge in [-0.15, -0.1) is 0 Å². The second kappa shape index (κ2) is 7.74.